The molecule has 0 atom stereocenters. The van der Waals surface area contributed by atoms with Crippen molar-refractivity contribution in [3.63, 3.8) is 0 Å². The van der Waals surface area contributed by atoms with Crippen LogP contribution in [0.1, 0.15) is 0 Å². The summed E-state index contributed by atoms with van der Waals surface area (Å²) >= 11 is 0. The molecule has 0 unspecified atom stereocenters. The number of aromatic nitrogens is 4. The summed E-state index contributed by atoms with van der Waals surface area (Å²) in [6.07, 6.45) is 0. The molecule has 0 aliphatic carbocycles. The standard InChI is InChI=1S/C54H32N4O/c1-3-13-34(14-4-1)52-56-53(35-15-5-2-6-16-35)58-54(57-52)36-25-23-33(24-26-36)50-51-49(44-21-11-12-22-48(44)59-51)46-32-38(28-30-47(46)55-50)37-27-29-43-41-19-8-7-17-39(41)40-18-9-10-20-42(40)45(43)31-37/h1-32H. The number of benzene rings is 9. The van der Waals surface area contributed by atoms with Gasteiger partial charge in [0.2, 0.25) is 0 Å². The van der Waals surface area contributed by atoms with Crippen LogP contribution < -0.4 is 0 Å². The van der Waals surface area contributed by atoms with Crippen LogP contribution in [0.4, 0.5) is 0 Å². The van der Waals surface area contributed by atoms with Crippen LogP contribution in [0.25, 0.3) is 122 Å². The predicted molar refractivity (Wildman–Crippen MR) is 242 cm³/mol. The first-order chi connectivity index (χ1) is 29.2. The van der Waals surface area contributed by atoms with E-state index in [4.69, 9.17) is 24.4 Å². The largest absolute Gasteiger partial charge is 0.454 e. The summed E-state index contributed by atoms with van der Waals surface area (Å²) in [5.41, 5.74) is 9.26. The Bertz CT molecular complexity index is 3500. The molecule has 0 saturated carbocycles. The molecule has 0 spiro atoms. The summed E-state index contributed by atoms with van der Waals surface area (Å²) in [5, 5.41) is 10.8. The third kappa shape index (κ3) is 5.47. The lowest BCUT2D eigenvalue weighted by Crippen LogP contribution is -2.00. The molecule has 0 amide bonds. The minimum atomic E-state index is 0.604. The molecule has 3 heterocycles. The van der Waals surface area contributed by atoms with Gasteiger partial charge in [-0.05, 0) is 67.7 Å². The highest BCUT2D eigenvalue weighted by molar-refractivity contribution is 6.26. The minimum absolute atomic E-state index is 0.604. The summed E-state index contributed by atoms with van der Waals surface area (Å²) in [6.45, 7) is 0. The van der Waals surface area contributed by atoms with Gasteiger partial charge < -0.3 is 4.42 Å². The Morgan fingerprint density at radius 2 is 0.712 bits per heavy atom. The molecule has 5 nitrogen and oxygen atoms in total. The van der Waals surface area contributed by atoms with Crippen LogP contribution in [-0.2, 0) is 0 Å². The van der Waals surface area contributed by atoms with E-state index in [1.807, 2.05) is 72.8 Å². The number of furan rings is 1. The summed E-state index contributed by atoms with van der Waals surface area (Å²) in [5.74, 6) is 1.86. The van der Waals surface area contributed by atoms with Crippen molar-refractivity contribution in [2.24, 2.45) is 0 Å². The quantitative estimate of drug-likeness (QED) is 0.164. The van der Waals surface area contributed by atoms with Crippen molar-refractivity contribution in [1.29, 1.82) is 0 Å². The number of hydrogen-bond acceptors (Lipinski definition) is 5. The molecule has 0 aliphatic heterocycles. The monoisotopic (exact) mass is 752 g/mol. The van der Waals surface area contributed by atoms with E-state index in [2.05, 4.69) is 121 Å². The van der Waals surface area contributed by atoms with Crippen LogP contribution >= 0.6 is 0 Å². The molecule has 0 radical (unpaired) electrons. The van der Waals surface area contributed by atoms with Crippen molar-refractivity contribution in [3.05, 3.63) is 194 Å². The number of rotatable bonds is 5. The average molecular weight is 753 g/mol. The third-order valence-corrected chi connectivity index (χ3v) is 11.5. The van der Waals surface area contributed by atoms with E-state index in [0.717, 1.165) is 71.9 Å². The minimum Gasteiger partial charge on any atom is -0.454 e. The van der Waals surface area contributed by atoms with Gasteiger partial charge in [0, 0.05) is 38.4 Å². The van der Waals surface area contributed by atoms with Crippen molar-refractivity contribution in [2.45, 2.75) is 0 Å². The van der Waals surface area contributed by atoms with Gasteiger partial charge in [0.15, 0.2) is 23.1 Å². The smallest absolute Gasteiger partial charge is 0.164 e. The summed E-state index contributed by atoms with van der Waals surface area (Å²) < 4.78 is 6.69. The summed E-state index contributed by atoms with van der Waals surface area (Å²) in [4.78, 5) is 20.1. The average Bonchev–Trinajstić information content (AvgIpc) is 3.72. The van der Waals surface area contributed by atoms with Crippen LogP contribution in [0.2, 0.25) is 0 Å². The molecule has 59 heavy (non-hydrogen) atoms. The van der Waals surface area contributed by atoms with E-state index in [9.17, 15) is 0 Å². The number of para-hydroxylation sites is 1. The fourth-order valence-corrected chi connectivity index (χ4v) is 8.66. The number of hydrogen-bond donors (Lipinski definition) is 0. The lowest BCUT2D eigenvalue weighted by atomic mass is 9.91. The Morgan fingerprint density at radius 3 is 1.31 bits per heavy atom. The maximum atomic E-state index is 6.69. The Hall–Kier alpha value is -8.02. The van der Waals surface area contributed by atoms with E-state index in [1.54, 1.807) is 0 Å². The lowest BCUT2D eigenvalue weighted by molar-refractivity contribution is 0.669. The van der Waals surface area contributed by atoms with Gasteiger partial charge in [0.25, 0.3) is 0 Å². The topological polar surface area (TPSA) is 64.7 Å². The zero-order chi connectivity index (χ0) is 38.9. The highest BCUT2D eigenvalue weighted by Gasteiger charge is 2.20. The molecule has 9 aromatic carbocycles. The van der Waals surface area contributed by atoms with Crippen LogP contribution in [0.5, 0.6) is 0 Å². The Morgan fingerprint density at radius 1 is 0.288 bits per heavy atom. The molecule has 274 valence electrons. The first kappa shape index (κ1) is 33.2. The molecule has 3 aromatic heterocycles. The molecule has 12 aromatic rings. The fourth-order valence-electron chi connectivity index (χ4n) is 8.66. The molecule has 0 saturated heterocycles. The Kier molecular flexibility index (Phi) is 7.47. The zero-order valence-corrected chi connectivity index (χ0v) is 31.7. The van der Waals surface area contributed by atoms with Crippen molar-refractivity contribution in [2.75, 3.05) is 0 Å². The van der Waals surface area contributed by atoms with E-state index >= 15 is 0 Å². The van der Waals surface area contributed by atoms with E-state index in [0.29, 0.717) is 17.5 Å². The van der Waals surface area contributed by atoms with Gasteiger partial charge in [-0.2, -0.15) is 0 Å². The molecule has 0 fully saturated rings. The van der Waals surface area contributed by atoms with Crippen LogP contribution in [0.15, 0.2) is 199 Å². The summed E-state index contributed by atoms with van der Waals surface area (Å²) in [7, 11) is 0. The van der Waals surface area contributed by atoms with Crippen molar-refractivity contribution in [1.82, 2.24) is 19.9 Å². The number of fused-ring (bicyclic) bond motifs is 11. The van der Waals surface area contributed by atoms with Gasteiger partial charge in [-0.3, -0.25) is 0 Å². The highest BCUT2D eigenvalue weighted by atomic mass is 16.3. The Labute approximate surface area is 338 Å². The van der Waals surface area contributed by atoms with E-state index in [-0.39, 0.29) is 0 Å². The first-order valence-electron chi connectivity index (χ1n) is 19.8. The summed E-state index contributed by atoms with van der Waals surface area (Å²) in [6, 6.07) is 67.5. The maximum absolute atomic E-state index is 6.69. The van der Waals surface area contributed by atoms with Gasteiger partial charge in [0.05, 0.1) is 5.52 Å². The van der Waals surface area contributed by atoms with Gasteiger partial charge in [-0.15, -0.1) is 0 Å². The normalized spacial score (nSPS) is 11.7. The molecular formula is C54H32N4O. The zero-order valence-electron chi connectivity index (χ0n) is 31.7. The third-order valence-electron chi connectivity index (χ3n) is 11.5. The van der Waals surface area contributed by atoms with Gasteiger partial charge in [-0.1, -0.05) is 170 Å². The lowest BCUT2D eigenvalue weighted by Gasteiger charge is -2.13. The van der Waals surface area contributed by atoms with Crippen LogP contribution in [0, 0.1) is 0 Å². The van der Waals surface area contributed by atoms with Crippen molar-refractivity contribution < 1.29 is 4.42 Å². The predicted octanol–water partition coefficient (Wildman–Crippen LogP) is 14.1. The van der Waals surface area contributed by atoms with Crippen molar-refractivity contribution >= 4 is 65.2 Å². The molecule has 0 aliphatic rings. The molecular weight excluding hydrogens is 721 g/mol. The Balaban J connectivity index is 0.995. The first-order valence-corrected chi connectivity index (χ1v) is 19.8. The second-order valence-electron chi connectivity index (χ2n) is 15.0. The van der Waals surface area contributed by atoms with Crippen LogP contribution in [-0.4, -0.2) is 19.9 Å². The fraction of sp³-hybridized carbons (Fsp3) is 0. The number of pyridine rings is 1. The molecule has 12 rings (SSSR count). The number of nitrogens with zero attached hydrogens (tertiary/aromatic N) is 4. The second kappa shape index (κ2) is 13.3. The molecule has 0 N–H and O–H groups in total. The highest BCUT2D eigenvalue weighted by Crippen LogP contribution is 2.42. The van der Waals surface area contributed by atoms with Gasteiger partial charge in [-0.25, -0.2) is 19.9 Å². The van der Waals surface area contributed by atoms with Gasteiger partial charge in [0.1, 0.15) is 11.3 Å². The van der Waals surface area contributed by atoms with E-state index in [1.165, 1.54) is 32.3 Å². The second-order valence-corrected chi connectivity index (χ2v) is 15.0. The van der Waals surface area contributed by atoms with Crippen molar-refractivity contribution in [3.8, 4) is 56.5 Å². The molecule has 0 bridgehead atoms. The van der Waals surface area contributed by atoms with Crippen LogP contribution in [0.3, 0.4) is 0 Å². The molecule has 5 heteroatoms. The van der Waals surface area contributed by atoms with E-state index < -0.39 is 0 Å². The SMILES string of the molecule is c1ccc(-c2nc(-c3ccccc3)nc(-c3ccc(-c4nc5ccc(-c6ccc7c8ccccc8c8ccccc8c7c6)cc5c5c4oc4ccccc45)cc3)n2)cc1. The van der Waals surface area contributed by atoms with Gasteiger partial charge >= 0.3 is 0 Å². The maximum Gasteiger partial charge on any atom is 0.164 e.